The molecule has 0 aliphatic carbocycles. The first-order valence-electron chi connectivity index (χ1n) is 5.45. The molecule has 0 bridgehead atoms. The molecule has 2 aromatic rings. The van der Waals surface area contributed by atoms with E-state index in [1.54, 1.807) is 23.6 Å². The largest absolute Gasteiger partial charge is 0.477 e. The van der Waals surface area contributed by atoms with Gasteiger partial charge in [0.2, 0.25) is 5.88 Å². The minimum atomic E-state index is 0.298. The molecule has 4 nitrogen and oxygen atoms in total. The molecule has 6 heteroatoms. The van der Waals surface area contributed by atoms with Crippen molar-refractivity contribution in [3.63, 3.8) is 0 Å². The maximum atomic E-state index is 5.63. The van der Waals surface area contributed by atoms with Gasteiger partial charge in [-0.25, -0.2) is 9.97 Å². The fourth-order valence-corrected chi connectivity index (χ4v) is 2.42. The molecule has 18 heavy (non-hydrogen) atoms. The van der Waals surface area contributed by atoms with E-state index < -0.39 is 0 Å². The first-order valence-corrected chi connectivity index (χ1v) is 6.74. The zero-order chi connectivity index (χ0) is 13.0. The number of thiazole rings is 1. The molecule has 2 heterocycles. The van der Waals surface area contributed by atoms with Crippen molar-refractivity contribution in [1.29, 1.82) is 0 Å². The summed E-state index contributed by atoms with van der Waals surface area (Å²) in [6.07, 6.45) is 2.47. The molecule has 2 N–H and O–H groups in total. The van der Waals surface area contributed by atoms with Crippen molar-refractivity contribution in [2.75, 3.05) is 6.61 Å². The van der Waals surface area contributed by atoms with Crippen LogP contribution in [0.4, 0.5) is 0 Å². The van der Waals surface area contributed by atoms with Crippen LogP contribution in [0.3, 0.4) is 0 Å². The average molecular weight is 279 g/mol. The molecule has 0 aliphatic heterocycles. The summed E-state index contributed by atoms with van der Waals surface area (Å²) < 4.78 is 5.63. The first-order chi connectivity index (χ1) is 8.68. The number of thiocarbonyl (C=S) groups is 1. The van der Waals surface area contributed by atoms with Gasteiger partial charge in [-0.1, -0.05) is 12.2 Å². The number of aromatic nitrogens is 2. The van der Waals surface area contributed by atoms with Crippen LogP contribution in [-0.4, -0.2) is 21.6 Å². The van der Waals surface area contributed by atoms with Crippen molar-refractivity contribution in [2.24, 2.45) is 5.73 Å². The summed E-state index contributed by atoms with van der Waals surface area (Å²) in [6, 6.07) is 3.59. The van der Waals surface area contributed by atoms with Crippen LogP contribution in [0.15, 0.2) is 23.8 Å². The highest BCUT2D eigenvalue weighted by molar-refractivity contribution is 7.80. The van der Waals surface area contributed by atoms with Crippen molar-refractivity contribution in [3.8, 4) is 5.88 Å². The van der Waals surface area contributed by atoms with Gasteiger partial charge in [-0.05, 0) is 19.1 Å². The lowest BCUT2D eigenvalue weighted by Gasteiger charge is -2.08. The minimum absolute atomic E-state index is 0.298. The Morgan fingerprint density at radius 1 is 1.50 bits per heavy atom. The molecule has 94 valence electrons. The molecule has 0 radical (unpaired) electrons. The smallest absolute Gasteiger partial charge is 0.223 e. The van der Waals surface area contributed by atoms with E-state index in [0.29, 0.717) is 23.0 Å². The Bertz CT molecular complexity index is 554. The Balaban J connectivity index is 1.99. The summed E-state index contributed by atoms with van der Waals surface area (Å²) >= 11 is 6.58. The normalized spacial score (nSPS) is 10.3. The van der Waals surface area contributed by atoms with Crippen LogP contribution in [0, 0.1) is 6.92 Å². The molecule has 0 amide bonds. The predicted octanol–water partition coefficient (Wildman–Crippen LogP) is 2.10. The van der Waals surface area contributed by atoms with Crippen LogP contribution in [-0.2, 0) is 6.42 Å². The summed E-state index contributed by atoms with van der Waals surface area (Å²) in [4.78, 5) is 9.86. The maximum absolute atomic E-state index is 5.63. The van der Waals surface area contributed by atoms with Crippen LogP contribution >= 0.6 is 23.6 Å². The quantitative estimate of drug-likeness (QED) is 0.849. The molecule has 0 fully saturated rings. The maximum Gasteiger partial charge on any atom is 0.223 e. The second-order valence-corrected chi connectivity index (χ2v) is 5.06. The van der Waals surface area contributed by atoms with Gasteiger partial charge < -0.3 is 10.5 Å². The minimum Gasteiger partial charge on any atom is -0.477 e. The molecule has 0 saturated heterocycles. The van der Waals surface area contributed by atoms with Crippen LogP contribution in [0.5, 0.6) is 5.88 Å². The third-order valence-corrected chi connectivity index (χ3v) is 3.66. The Kier molecular flexibility index (Phi) is 4.22. The van der Waals surface area contributed by atoms with Crippen LogP contribution in [0.1, 0.15) is 16.1 Å². The number of pyridine rings is 1. The molecule has 0 spiro atoms. The van der Waals surface area contributed by atoms with Gasteiger partial charge in [0.15, 0.2) is 0 Å². The summed E-state index contributed by atoms with van der Waals surface area (Å²) in [6.45, 7) is 2.53. The fourth-order valence-electron chi connectivity index (χ4n) is 1.50. The first kappa shape index (κ1) is 12.9. The lowest BCUT2D eigenvalue weighted by molar-refractivity contribution is 0.309. The van der Waals surface area contributed by atoms with Gasteiger partial charge in [0, 0.05) is 17.5 Å². The monoisotopic (exact) mass is 279 g/mol. The highest BCUT2D eigenvalue weighted by atomic mass is 32.1. The molecule has 0 aromatic carbocycles. The van der Waals surface area contributed by atoms with Gasteiger partial charge in [0.25, 0.3) is 0 Å². The lowest BCUT2D eigenvalue weighted by Crippen LogP contribution is -2.13. The number of nitrogens with zero attached hydrogens (tertiary/aromatic N) is 2. The molecular weight excluding hydrogens is 266 g/mol. The van der Waals surface area contributed by atoms with Crippen LogP contribution < -0.4 is 10.5 Å². The number of nitrogens with two attached hydrogens (primary N) is 1. The molecule has 0 unspecified atom stereocenters. The van der Waals surface area contributed by atoms with Crippen molar-refractivity contribution < 1.29 is 4.74 Å². The Hall–Kier alpha value is -1.53. The van der Waals surface area contributed by atoms with Crippen molar-refractivity contribution in [1.82, 2.24) is 9.97 Å². The highest BCUT2D eigenvalue weighted by Gasteiger charge is 2.08. The number of ether oxygens (including phenoxy) is 1. The summed E-state index contributed by atoms with van der Waals surface area (Å²) in [5.74, 6) is 0.493. The second kappa shape index (κ2) is 5.88. The molecule has 2 rings (SSSR count). The van der Waals surface area contributed by atoms with E-state index in [4.69, 9.17) is 22.7 Å². The second-order valence-electron chi connectivity index (χ2n) is 3.68. The number of aryl methyl sites for hydroxylation is 1. The van der Waals surface area contributed by atoms with Crippen molar-refractivity contribution in [2.45, 2.75) is 13.3 Å². The fraction of sp³-hybridized carbons (Fsp3) is 0.250. The molecule has 0 atom stereocenters. The third-order valence-electron chi connectivity index (χ3n) is 2.45. The van der Waals surface area contributed by atoms with E-state index in [0.717, 1.165) is 12.1 Å². The van der Waals surface area contributed by atoms with Gasteiger partial charge in [0.05, 0.1) is 23.4 Å². The number of hydrogen-bond donors (Lipinski definition) is 1. The predicted molar refractivity (Wildman–Crippen MR) is 76.2 cm³/mol. The Labute approximate surface area is 115 Å². The van der Waals surface area contributed by atoms with Crippen molar-refractivity contribution in [3.05, 3.63) is 40.0 Å². The van der Waals surface area contributed by atoms with E-state index in [1.807, 2.05) is 18.5 Å². The topological polar surface area (TPSA) is 61.0 Å². The summed E-state index contributed by atoms with van der Waals surface area (Å²) in [5, 5.41) is 0. The van der Waals surface area contributed by atoms with E-state index >= 15 is 0 Å². The third kappa shape index (κ3) is 3.02. The number of rotatable bonds is 5. The number of hydrogen-bond acceptors (Lipinski definition) is 5. The summed E-state index contributed by atoms with van der Waals surface area (Å²) in [7, 11) is 0. The molecule has 0 saturated carbocycles. The lowest BCUT2D eigenvalue weighted by atomic mass is 10.2. The van der Waals surface area contributed by atoms with E-state index in [9.17, 15) is 0 Å². The Morgan fingerprint density at radius 3 is 3.00 bits per heavy atom. The average Bonchev–Trinajstić information content (AvgIpc) is 2.76. The van der Waals surface area contributed by atoms with Gasteiger partial charge in [0.1, 0.15) is 4.99 Å². The zero-order valence-electron chi connectivity index (χ0n) is 9.92. The van der Waals surface area contributed by atoms with Crippen molar-refractivity contribution >= 4 is 28.5 Å². The van der Waals surface area contributed by atoms with Gasteiger partial charge >= 0.3 is 0 Å². The summed E-state index contributed by atoms with van der Waals surface area (Å²) in [5.41, 5.74) is 9.18. The van der Waals surface area contributed by atoms with E-state index in [1.165, 1.54) is 4.88 Å². The van der Waals surface area contributed by atoms with E-state index in [-0.39, 0.29) is 0 Å². The Morgan fingerprint density at radius 2 is 2.33 bits per heavy atom. The highest BCUT2D eigenvalue weighted by Crippen LogP contribution is 2.16. The SMILES string of the molecule is Cc1ncsc1CCOc1ncccc1C(N)=S. The van der Waals surface area contributed by atoms with E-state index in [2.05, 4.69) is 9.97 Å². The van der Waals surface area contributed by atoms with Gasteiger partial charge in [-0.3, -0.25) is 0 Å². The van der Waals surface area contributed by atoms with Gasteiger partial charge in [-0.2, -0.15) is 0 Å². The zero-order valence-corrected chi connectivity index (χ0v) is 11.6. The molecule has 0 aliphatic rings. The van der Waals surface area contributed by atoms with Crippen LogP contribution in [0.2, 0.25) is 0 Å². The standard InChI is InChI=1S/C12H13N3OS2/c1-8-10(18-7-15-8)4-6-16-12-9(11(13)17)3-2-5-14-12/h2-3,5,7H,4,6H2,1H3,(H2,13,17). The van der Waals surface area contributed by atoms with Gasteiger partial charge in [-0.15, -0.1) is 11.3 Å². The molecular formula is C12H13N3OS2. The van der Waals surface area contributed by atoms with Crippen LogP contribution in [0.25, 0.3) is 0 Å². The molecule has 2 aromatic heterocycles.